The van der Waals surface area contributed by atoms with Gasteiger partial charge in [-0.15, -0.1) is 0 Å². The van der Waals surface area contributed by atoms with E-state index >= 15 is 0 Å². The Morgan fingerprint density at radius 2 is 2.06 bits per heavy atom. The minimum absolute atomic E-state index is 0.287. The molecule has 1 aromatic carbocycles. The van der Waals surface area contributed by atoms with Crippen molar-refractivity contribution < 1.29 is 4.74 Å². The highest BCUT2D eigenvalue weighted by molar-refractivity contribution is 7.80. The van der Waals surface area contributed by atoms with Crippen molar-refractivity contribution in [3.05, 3.63) is 29.8 Å². The first-order chi connectivity index (χ1) is 8.09. The smallest absolute Gasteiger partial charge is 0.103 e. The number of nitrogens with zero attached hydrogens (tertiary/aromatic N) is 1. The van der Waals surface area contributed by atoms with Gasteiger partial charge in [0.15, 0.2) is 0 Å². The predicted molar refractivity (Wildman–Crippen MR) is 74.6 cm³/mol. The lowest BCUT2D eigenvalue weighted by atomic mass is 10.1. The van der Waals surface area contributed by atoms with Gasteiger partial charge < -0.3 is 15.4 Å². The van der Waals surface area contributed by atoms with E-state index in [-0.39, 0.29) is 6.10 Å². The summed E-state index contributed by atoms with van der Waals surface area (Å²) in [5.74, 6) is 0. The second-order valence-electron chi connectivity index (χ2n) is 4.45. The second-order valence-corrected chi connectivity index (χ2v) is 4.89. The Hall–Kier alpha value is -1.13. The summed E-state index contributed by atoms with van der Waals surface area (Å²) in [5, 5.41) is 0. The van der Waals surface area contributed by atoms with Gasteiger partial charge in [-0.3, -0.25) is 0 Å². The quantitative estimate of drug-likeness (QED) is 0.832. The Kier molecular flexibility index (Phi) is 3.64. The molecule has 2 atom stereocenters. The lowest BCUT2D eigenvalue weighted by Crippen LogP contribution is -2.36. The first-order valence-electron chi connectivity index (χ1n) is 5.84. The van der Waals surface area contributed by atoms with Gasteiger partial charge in [-0.2, -0.15) is 0 Å². The highest BCUT2D eigenvalue weighted by Crippen LogP contribution is 2.24. The fourth-order valence-electron chi connectivity index (χ4n) is 2.28. The van der Waals surface area contributed by atoms with Crippen molar-refractivity contribution in [1.29, 1.82) is 0 Å². The Morgan fingerprint density at radius 1 is 1.41 bits per heavy atom. The van der Waals surface area contributed by atoms with Crippen LogP contribution in [-0.2, 0) is 4.74 Å². The number of thiocarbonyl (C=S) groups is 1. The summed E-state index contributed by atoms with van der Waals surface area (Å²) in [6.45, 7) is 2.97. The van der Waals surface area contributed by atoms with Crippen molar-refractivity contribution in [2.24, 2.45) is 5.73 Å². The average Bonchev–Trinajstić information content (AvgIpc) is 2.74. The fraction of sp³-hybridized carbons (Fsp3) is 0.462. The molecule has 1 heterocycles. The van der Waals surface area contributed by atoms with Crippen LogP contribution in [0, 0.1) is 0 Å². The number of hydrogen-bond donors (Lipinski definition) is 1. The Labute approximate surface area is 108 Å². The number of nitrogens with two attached hydrogens (primary N) is 1. The SMILES string of the molecule is CC1OCCC1N(C)c1ccc(C(N)=S)cc1. The number of benzene rings is 1. The minimum atomic E-state index is 0.287. The number of anilines is 1. The second kappa shape index (κ2) is 5.02. The molecule has 2 unspecified atom stereocenters. The third-order valence-corrected chi connectivity index (χ3v) is 3.63. The molecular weight excluding hydrogens is 232 g/mol. The maximum absolute atomic E-state index is 5.59. The summed E-state index contributed by atoms with van der Waals surface area (Å²) in [7, 11) is 2.10. The van der Waals surface area contributed by atoms with E-state index in [0.29, 0.717) is 11.0 Å². The van der Waals surface area contributed by atoms with Gasteiger partial charge >= 0.3 is 0 Å². The molecule has 0 aliphatic carbocycles. The minimum Gasteiger partial charge on any atom is -0.389 e. The molecule has 1 aromatic rings. The molecule has 1 saturated heterocycles. The van der Waals surface area contributed by atoms with E-state index in [2.05, 4.69) is 31.0 Å². The lowest BCUT2D eigenvalue weighted by molar-refractivity contribution is 0.118. The van der Waals surface area contributed by atoms with Gasteiger partial charge in [-0.1, -0.05) is 12.2 Å². The van der Waals surface area contributed by atoms with Crippen molar-refractivity contribution in [3.8, 4) is 0 Å². The van der Waals surface area contributed by atoms with Crippen molar-refractivity contribution in [1.82, 2.24) is 0 Å². The van der Waals surface area contributed by atoms with Crippen LogP contribution in [0.4, 0.5) is 5.69 Å². The van der Waals surface area contributed by atoms with Crippen molar-refractivity contribution in [2.45, 2.75) is 25.5 Å². The summed E-state index contributed by atoms with van der Waals surface area (Å²) >= 11 is 4.94. The largest absolute Gasteiger partial charge is 0.389 e. The van der Waals surface area contributed by atoms with Gasteiger partial charge in [-0.25, -0.2) is 0 Å². The van der Waals surface area contributed by atoms with Gasteiger partial charge in [-0.05, 0) is 37.6 Å². The maximum atomic E-state index is 5.59. The van der Waals surface area contributed by atoms with Crippen molar-refractivity contribution in [2.75, 3.05) is 18.6 Å². The molecule has 1 fully saturated rings. The molecule has 4 heteroatoms. The average molecular weight is 250 g/mol. The summed E-state index contributed by atoms with van der Waals surface area (Å²) in [4.78, 5) is 2.71. The molecule has 1 aliphatic rings. The third-order valence-electron chi connectivity index (χ3n) is 3.39. The van der Waals surface area contributed by atoms with E-state index < -0.39 is 0 Å². The fourth-order valence-corrected chi connectivity index (χ4v) is 2.42. The number of likely N-dealkylation sites (N-methyl/N-ethyl adjacent to an activating group) is 1. The van der Waals surface area contributed by atoms with Crippen LogP contribution in [0.1, 0.15) is 18.9 Å². The van der Waals surface area contributed by atoms with Gasteiger partial charge in [0.25, 0.3) is 0 Å². The highest BCUT2D eigenvalue weighted by atomic mass is 32.1. The predicted octanol–water partition coefficient (Wildman–Crippen LogP) is 1.93. The highest BCUT2D eigenvalue weighted by Gasteiger charge is 2.27. The van der Waals surface area contributed by atoms with E-state index in [1.807, 2.05) is 12.1 Å². The number of ether oxygens (including phenoxy) is 1. The van der Waals surface area contributed by atoms with Crippen LogP contribution in [0.15, 0.2) is 24.3 Å². The van der Waals surface area contributed by atoms with Gasteiger partial charge in [0.1, 0.15) is 4.99 Å². The standard InChI is InChI=1S/C13H18N2OS/c1-9-12(7-8-16-9)15(2)11-5-3-10(4-6-11)13(14)17/h3-6,9,12H,7-8H2,1-2H3,(H2,14,17). The molecular formula is C13H18N2OS. The van der Waals surface area contributed by atoms with Crippen LogP contribution in [0.2, 0.25) is 0 Å². The van der Waals surface area contributed by atoms with Crippen LogP contribution in [0.5, 0.6) is 0 Å². The zero-order valence-electron chi connectivity index (χ0n) is 10.2. The molecule has 1 aliphatic heterocycles. The maximum Gasteiger partial charge on any atom is 0.103 e. The lowest BCUT2D eigenvalue weighted by Gasteiger charge is -2.28. The molecule has 2 rings (SSSR count). The number of rotatable bonds is 3. The zero-order valence-corrected chi connectivity index (χ0v) is 11.0. The monoisotopic (exact) mass is 250 g/mol. The summed E-state index contributed by atoms with van der Waals surface area (Å²) < 4.78 is 5.59. The van der Waals surface area contributed by atoms with E-state index in [0.717, 1.165) is 18.6 Å². The summed E-state index contributed by atoms with van der Waals surface area (Å²) in [6, 6.07) is 8.49. The summed E-state index contributed by atoms with van der Waals surface area (Å²) in [5.41, 5.74) is 7.67. The van der Waals surface area contributed by atoms with Gasteiger partial charge in [0, 0.05) is 24.9 Å². The molecule has 0 bridgehead atoms. The normalized spacial score (nSPS) is 23.6. The van der Waals surface area contributed by atoms with Gasteiger partial charge in [0.2, 0.25) is 0 Å². The molecule has 0 aromatic heterocycles. The van der Waals surface area contributed by atoms with Gasteiger partial charge in [0.05, 0.1) is 12.1 Å². The van der Waals surface area contributed by atoms with E-state index in [9.17, 15) is 0 Å². The Balaban J connectivity index is 2.14. The topological polar surface area (TPSA) is 38.5 Å². The first-order valence-corrected chi connectivity index (χ1v) is 6.24. The van der Waals surface area contributed by atoms with Crippen LogP contribution in [0.3, 0.4) is 0 Å². The van der Waals surface area contributed by atoms with Crippen LogP contribution in [0.25, 0.3) is 0 Å². The Morgan fingerprint density at radius 3 is 2.53 bits per heavy atom. The first kappa shape index (κ1) is 12.3. The molecule has 17 heavy (non-hydrogen) atoms. The van der Waals surface area contributed by atoms with Crippen LogP contribution < -0.4 is 10.6 Å². The molecule has 0 radical (unpaired) electrons. The van der Waals surface area contributed by atoms with Crippen molar-refractivity contribution >= 4 is 22.9 Å². The molecule has 0 saturated carbocycles. The summed E-state index contributed by atoms with van der Waals surface area (Å²) in [6.07, 6.45) is 1.37. The molecule has 0 spiro atoms. The van der Waals surface area contributed by atoms with Crippen LogP contribution in [-0.4, -0.2) is 30.8 Å². The van der Waals surface area contributed by atoms with E-state index in [4.69, 9.17) is 22.7 Å². The van der Waals surface area contributed by atoms with Crippen LogP contribution >= 0.6 is 12.2 Å². The number of hydrogen-bond acceptors (Lipinski definition) is 3. The zero-order chi connectivity index (χ0) is 12.4. The Bertz CT molecular complexity index is 404. The molecule has 0 amide bonds. The van der Waals surface area contributed by atoms with E-state index in [1.165, 1.54) is 5.69 Å². The molecule has 3 nitrogen and oxygen atoms in total. The van der Waals surface area contributed by atoms with E-state index in [1.54, 1.807) is 0 Å². The molecule has 2 N–H and O–H groups in total. The molecule has 92 valence electrons. The van der Waals surface area contributed by atoms with Crippen molar-refractivity contribution in [3.63, 3.8) is 0 Å². The third kappa shape index (κ3) is 2.58.